The number of nitrogens with one attached hydrogen (secondary N) is 2. The minimum Gasteiger partial charge on any atom is -0.497 e. The number of rotatable bonds is 7. The lowest BCUT2D eigenvalue weighted by atomic mass is 10.1. The quantitative estimate of drug-likeness (QED) is 0.298. The van der Waals surface area contributed by atoms with Crippen LogP contribution < -0.4 is 10.6 Å². The molecule has 6 heteroatoms. The second kappa shape index (κ2) is 9.47. The molecule has 0 bridgehead atoms. The third-order valence-corrected chi connectivity index (χ3v) is 4.45. The van der Waals surface area contributed by atoms with E-state index in [0.29, 0.717) is 28.6 Å². The second-order valence-corrected chi connectivity index (χ2v) is 6.72. The Hall–Kier alpha value is -2.01. The van der Waals surface area contributed by atoms with Gasteiger partial charge in [-0.25, -0.2) is 4.98 Å². The van der Waals surface area contributed by atoms with Crippen molar-refractivity contribution in [2.45, 2.75) is 51.5 Å². The summed E-state index contributed by atoms with van der Waals surface area (Å²) in [5.41, 5.74) is 1.51. The zero-order valence-electron chi connectivity index (χ0n) is 15.1. The van der Waals surface area contributed by atoms with Gasteiger partial charge in [0.1, 0.15) is 16.7 Å². The molecular formula is C19H27ClN4O. The normalized spacial score (nSPS) is 16.0. The fraction of sp³-hybridized carbons (Fsp3) is 0.474. The maximum Gasteiger partial charge on any atom is 0.230 e. The first-order valence-corrected chi connectivity index (χ1v) is 9.04. The molecule has 0 amide bonds. The van der Waals surface area contributed by atoms with Crippen molar-refractivity contribution < 1.29 is 4.74 Å². The SMILES string of the molecule is C=C(/C=C(/C)C(=C)OC)Nc1nc(Cl)cc(NC2CCCCCC2)n1. The van der Waals surface area contributed by atoms with Gasteiger partial charge in [-0.05, 0) is 31.4 Å². The molecule has 0 atom stereocenters. The van der Waals surface area contributed by atoms with Crippen LogP contribution in [0.5, 0.6) is 0 Å². The second-order valence-electron chi connectivity index (χ2n) is 6.34. The first-order chi connectivity index (χ1) is 12.0. The van der Waals surface area contributed by atoms with Gasteiger partial charge in [0.2, 0.25) is 5.95 Å². The maximum atomic E-state index is 6.15. The summed E-state index contributed by atoms with van der Waals surface area (Å²) in [6, 6.07) is 2.20. The Labute approximate surface area is 155 Å². The van der Waals surface area contributed by atoms with Gasteiger partial charge in [-0.15, -0.1) is 0 Å². The number of nitrogens with zero attached hydrogens (tertiary/aromatic N) is 2. The highest BCUT2D eigenvalue weighted by molar-refractivity contribution is 6.29. The standard InChI is InChI=1S/C19H27ClN4O/c1-13(15(3)25-4)11-14(2)21-19-23-17(20)12-18(24-19)22-16-9-7-5-6-8-10-16/h11-12,16H,2-3,5-10H2,1,4H3,(H2,21,22,23,24)/b13-11-. The van der Waals surface area contributed by atoms with Crippen LogP contribution in [0.2, 0.25) is 5.15 Å². The third kappa shape index (κ3) is 6.42. The fourth-order valence-electron chi connectivity index (χ4n) is 2.86. The Morgan fingerprint density at radius 3 is 2.56 bits per heavy atom. The molecule has 0 spiro atoms. The van der Waals surface area contributed by atoms with E-state index in [1.54, 1.807) is 13.2 Å². The van der Waals surface area contributed by atoms with E-state index in [2.05, 4.69) is 33.8 Å². The van der Waals surface area contributed by atoms with Crippen molar-refractivity contribution in [2.24, 2.45) is 0 Å². The van der Waals surface area contributed by atoms with Gasteiger partial charge in [-0.3, -0.25) is 0 Å². The largest absolute Gasteiger partial charge is 0.497 e. The van der Waals surface area contributed by atoms with Gasteiger partial charge in [0.05, 0.1) is 7.11 Å². The van der Waals surface area contributed by atoms with E-state index < -0.39 is 0 Å². The van der Waals surface area contributed by atoms with Crippen molar-refractivity contribution in [3.63, 3.8) is 0 Å². The Morgan fingerprint density at radius 1 is 1.24 bits per heavy atom. The topological polar surface area (TPSA) is 59.1 Å². The molecule has 2 N–H and O–H groups in total. The summed E-state index contributed by atoms with van der Waals surface area (Å²) in [4.78, 5) is 8.73. The number of methoxy groups -OCH3 is 1. The molecule has 1 heterocycles. The molecule has 1 saturated carbocycles. The number of allylic oxidation sites excluding steroid dienone is 2. The van der Waals surface area contributed by atoms with Crippen molar-refractivity contribution in [1.82, 2.24) is 9.97 Å². The predicted molar refractivity (Wildman–Crippen MR) is 105 cm³/mol. The summed E-state index contributed by atoms with van der Waals surface area (Å²) in [6.07, 6.45) is 9.30. The van der Waals surface area contributed by atoms with Crippen molar-refractivity contribution in [2.75, 3.05) is 17.7 Å². The Balaban J connectivity index is 2.05. The lowest BCUT2D eigenvalue weighted by Crippen LogP contribution is -2.19. The average Bonchev–Trinajstić information content (AvgIpc) is 2.81. The molecule has 2 rings (SSSR count). The smallest absolute Gasteiger partial charge is 0.230 e. The fourth-order valence-corrected chi connectivity index (χ4v) is 3.05. The van der Waals surface area contributed by atoms with Gasteiger partial charge in [-0.1, -0.05) is 50.4 Å². The molecular weight excluding hydrogens is 336 g/mol. The van der Waals surface area contributed by atoms with Crippen LogP contribution in [0.4, 0.5) is 11.8 Å². The van der Waals surface area contributed by atoms with Crippen molar-refractivity contribution in [3.05, 3.63) is 47.5 Å². The van der Waals surface area contributed by atoms with Crippen molar-refractivity contribution >= 4 is 23.4 Å². The highest BCUT2D eigenvalue weighted by Gasteiger charge is 2.13. The molecule has 1 aromatic heterocycles. The monoisotopic (exact) mass is 362 g/mol. The van der Waals surface area contributed by atoms with Gasteiger partial charge in [-0.2, -0.15) is 4.98 Å². The molecule has 25 heavy (non-hydrogen) atoms. The molecule has 1 aliphatic carbocycles. The minimum absolute atomic E-state index is 0.392. The Kier molecular flexibility index (Phi) is 7.31. The van der Waals surface area contributed by atoms with Crippen LogP contribution in [0.1, 0.15) is 45.4 Å². The van der Waals surface area contributed by atoms with Crippen LogP contribution in [0.3, 0.4) is 0 Å². The summed E-state index contributed by atoms with van der Waals surface area (Å²) in [7, 11) is 1.58. The average molecular weight is 363 g/mol. The van der Waals surface area contributed by atoms with Gasteiger partial charge < -0.3 is 15.4 Å². The summed E-state index contributed by atoms with van der Waals surface area (Å²) in [5, 5.41) is 6.95. The molecule has 0 aromatic carbocycles. The number of halogens is 1. The number of hydrogen-bond acceptors (Lipinski definition) is 5. The van der Waals surface area contributed by atoms with Gasteiger partial charge in [0, 0.05) is 17.8 Å². The number of aromatic nitrogens is 2. The molecule has 0 saturated heterocycles. The van der Waals surface area contributed by atoms with Gasteiger partial charge >= 0.3 is 0 Å². The Morgan fingerprint density at radius 2 is 1.92 bits per heavy atom. The molecule has 5 nitrogen and oxygen atoms in total. The maximum absolute atomic E-state index is 6.15. The zero-order chi connectivity index (χ0) is 18.2. The lowest BCUT2D eigenvalue weighted by molar-refractivity contribution is 0.303. The van der Waals surface area contributed by atoms with Gasteiger partial charge in [0.15, 0.2) is 0 Å². The van der Waals surface area contributed by atoms with Crippen LogP contribution in [0.25, 0.3) is 0 Å². The highest BCUT2D eigenvalue weighted by Crippen LogP contribution is 2.22. The van der Waals surface area contributed by atoms with Crippen LogP contribution in [-0.4, -0.2) is 23.1 Å². The number of anilines is 2. The summed E-state index contributed by atoms with van der Waals surface area (Å²) >= 11 is 6.15. The molecule has 0 unspecified atom stereocenters. The zero-order valence-corrected chi connectivity index (χ0v) is 15.8. The van der Waals surface area contributed by atoms with E-state index in [1.807, 2.05) is 13.0 Å². The molecule has 1 aliphatic rings. The van der Waals surface area contributed by atoms with Crippen molar-refractivity contribution in [3.8, 4) is 0 Å². The summed E-state index contributed by atoms with van der Waals surface area (Å²) in [6.45, 7) is 9.68. The highest BCUT2D eigenvalue weighted by atomic mass is 35.5. The number of ether oxygens (including phenoxy) is 1. The first-order valence-electron chi connectivity index (χ1n) is 8.66. The molecule has 1 aromatic rings. The molecule has 1 fully saturated rings. The molecule has 0 radical (unpaired) electrons. The van der Waals surface area contributed by atoms with Crippen LogP contribution in [-0.2, 0) is 4.74 Å². The summed E-state index contributed by atoms with van der Waals surface area (Å²) < 4.78 is 5.10. The number of hydrogen-bond donors (Lipinski definition) is 2. The van der Waals surface area contributed by atoms with E-state index >= 15 is 0 Å². The predicted octanol–water partition coefficient (Wildman–Crippen LogP) is 5.30. The third-order valence-electron chi connectivity index (χ3n) is 4.25. The van der Waals surface area contributed by atoms with E-state index in [0.717, 1.165) is 24.2 Å². The van der Waals surface area contributed by atoms with E-state index in [1.165, 1.54) is 25.7 Å². The van der Waals surface area contributed by atoms with Crippen LogP contribution >= 0.6 is 11.6 Å². The first kappa shape index (κ1) is 19.3. The van der Waals surface area contributed by atoms with Crippen LogP contribution in [0, 0.1) is 0 Å². The van der Waals surface area contributed by atoms with E-state index in [-0.39, 0.29) is 0 Å². The van der Waals surface area contributed by atoms with E-state index in [9.17, 15) is 0 Å². The van der Waals surface area contributed by atoms with Crippen LogP contribution in [0.15, 0.2) is 42.3 Å². The Bertz CT molecular complexity index is 649. The molecule has 0 aliphatic heterocycles. The molecule has 136 valence electrons. The minimum atomic E-state index is 0.392. The lowest BCUT2D eigenvalue weighted by Gasteiger charge is -2.17. The summed E-state index contributed by atoms with van der Waals surface area (Å²) in [5.74, 6) is 1.75. The van der Waals surface area contributed by atoms with Gasteiger partial charge in [0.25, 0.3) is 0 Å². The van der Waals surface area contributed by atoms with E-state index in [4.69, 9.17) is 16.3 Å². The van der Waals surface area contributed by atoms with Crippen molar-refractivity contribution in [1.29, 1.82) is 0 Å².